The number of carbonyl (C=O) groups is 2. The van der Waals surface area contributed by atoms with Gasteiger partial charge in [-0.2, -0.15) is 0 Å². The van der Waals surface area contributed by atoms with E-state index < -0.39 is 19.3 Å². The molecule has 0 aromatic heterocycles. The fraction of sp³-hybridized carbons (Fsp3) is 0.111. The van der Waals surface area contributed by atoms with Crippen LogP contribution in [0.2, 0.25) is 0 Å². The third-order valence-electron chi connectivity index (χ3n) is 1.43. The second-order valence-corrected chi connectivity index (χ2v) is 2.80. The van der Waals surface area contributed by atoms with Crippen LogP contribution < -0.4 is 0 Å². The molecule has 0 atom stereocenters. The summed E-state index contributed by atoms with van der Waals surface area (Å²) in [5, 5.41) is 37.4. The van der Waals surface area contributed by atoms with Crippen LogP contribution in [0.25, 0.3) is 0 Å². The van der Waals surface area contributed by atoms with E-state index in [0.29, 0.717) is 0 Å². The van der Waals surface area contributed by atoms with Crippen LogP contribution >= 0.6 is 0 Å². The number of carboxylic acid groups (broad SMARTS) is 2. The van der Waals surface area contributed by atoms with Crippen molar-refractivity contribution in [2.45, 2.75) is 5.09 Å². The molecular weight excluding hydrogens is 238 g/mol. The van der Waals surface area contributed by atoms with E-state index in [4.69, 9.17) is 34.9 Å². The summed E-state index contributed by atoms with van der Waals surface area (Å²) in [6.07, 6.45) is 0. The van der Waals surface area contributed by atoms with E-state index in [-0.39, 0.29) is 0 Å². The molecule has 1 rings (SSSR count). The van der Waals surface area contributed by atoms with E-state index in [0.717, 1.165) is 5.09 Å². The van der Waals surface area contributed by atoms with Gasteiger partial charge in [-0.15, -0.1) is 0 Å². The number of carboxylic acids is 2. The van der Waals surface area contributed by atoms with Crippen molar-refractivity contribution >= 4 is 37.0 Å². The summed E-state index contributed by atoms with van der Waals surface area (Å²) in [6.45, 7) is 0. The zero-order valence-corrected chi connectivity index (χ0v) is 9.72. The quantitative estimate of drug-likeness (QED) is 0.301. The molecule has 1 aromatic carbocycles. The summed E-state index contributed by atoms with van der Waals surface area (Å²) in [4.78, 5) is 18.2. The molecule has 0 spiro atoms. The molecule has 0 amide bonds. The topological polar surface area (TPSA) is 135 Å². The number of rotatable bonds is 1. The molecule has 0 saturated carbocycles. The molecule has 5 N–H and O–H groups in total. The molecule has 9 heteroatoms. The predicted molar refractivity (Wildman–Crippen MR) is 63.6 cm³/mol. The second-order valence-electron chi connectivity index (χ2n) is 2.80. The molecule has 0 saturated heterocycles. The standard InChI is InChI=1S/C7H7.C2H2O4.BH3O3.Li/c1-7-5-3-2-4-6-7;3-1(4)2(5)6;2-1(3)4;/h2-6H,1H2;(H,3,4)(H,5,6);2-4H;. The molecular formula is C9H12BLiO7. The van der Waals surface area contributed by atoms with Crippen molar-refractivity contribution in [2.75, 3.05) is 0 Å². The Labute approximate surface area is 113 Å². The molecule has 0 heterocycles. The Balaban J connectivity index is 0. The molecule has 1 aromatic rings. The normalized spacial score (nSPS) is 8.06. The molecule has 0 fully saturated rings. The summed E-state index contributed by atoms with van der Waals surface area (Å²) in [6, 6.07) is 10.5. The Kier molecular flexibility index (Phi) is 12.9. The molecule has 0 aliphatic rings. The van der Waals surface area contributed by atoms with Crippen molar-refractivity contribution in [3.05, 3.63) is 35.9 Å². The van der Waals surface area contributed by atoms with Gasteiger partial charge < -0.3 is 25.3 Å². The average molecular weight is 250 g/mol. The van der Waals surface area contributed by atoms with Gasteiger partial charge in [0.2, 0.25) is 0 Å². The molecule has 0 unspecified atom stereocenters. The van der Waals surface area contributed by atoms with E-state index in [1.807, 2.05) is 6.07 Å². The maximum absolute atomic E-state index is 9.10. The van der Waals surface area contributed by atoms with Crippen molar-refractivity contribution in [2.24, 2.45) is 0 Å². The average Bonchev–Trinajstić information content (AvgIpc) is 2.30. The van der Waals surface area contributed by atoms with Crippen LogP contribution in [0.1, 0.15) is 5.56 Å². The Morgan fingerprint density at radius 3 is 1.50 bits per heavy atom. The molecule has 94 valence electrons. The Bertz CT molecular complexity index is 329. The second kappa shape index (κ2) is 12.2. The Morgan fingerprint density at radius 2 is 1.33 bits per heavy atom. The van der Waals surface area contributed by atoms with Crippen LogP contribution in [-0.4, -0.2) is 62.3 Å². The van der Waals surface area contributed by atoms with Gasteiger partial charge in [-0.05, 0) is 0 Å². The zero-order chi connectivity index (χ0) is 14.6. The molecule has 7 nitrogen and oxygen atoms in total. The molecule has 0 aliphatic carbocycles. The summed E-state index contributed by atoms with van der Waals surface area (Å²) in [5.41, 5.74) is 1.41. The third-order valence-corrected chi connectivity index (χ3v) is 1.43. The van der Waals surface area contributed by atoms with Gasteiger partial charge in [0, 0.05) is 0 Å². The number of aliphatic carboxylic acids is 2. The fourth-order valence-corrected chi connectivity index (χ4v) is 0.714. The van der Waals surface area contributed by atoms with E-state index in [9.17, 15) is 0 Å². The predicted octanol–water partition coefficient (Wildman–Crippen LogP) is -1.54. The monoisotopic (exact) mass is 250 g/mol. The number of hydrogen-bond donors (Lipinski definition) is 5. The number of benzene rings is 1. The van der Waals surface area contributed by atoms with Crippen molar-refractivity contribution in [1.82, 2.24) is 0 Å². The van der Waals surface area contributed by atoms with Crippen LogP contribution in [-0.2, 0) is 14.7 Å². The minimum atomic E-state index is -2.17. The van der Waals surface area contributed by atoms with Gasteiger partial charge in [-0.1, -0.05) is 0 Å². The fourth-order valence-electron chi connectivity index (χ4n) is 0.714. The third kappa shape index (κ3) is 17.1. The first-order valence-electron chi connectivity index (χ1n) is 4.85. The van der Waals surface area contributed by atoms with E-state index in [1.54, 1.807) is 0 Å². The van der Waals surface area contributed by atoms with Crippen LogP contribution in [0.4, 0.5) is 0 Å². The van der Waals surface area contributed by atoms with Gasteiger partial charge >= 0.3 is 78.0 Å². The van der Waals surface area contributed by atoms with Crippen LogP contribution in [0, 0.1) is 0 Å². The Hall–Kier alpha value is -1.30. The maximum atomic E-state index is 9.10. The first-order chi connectivity index (χ1) is 8.31. The van der Waals surface area contributed by atoms with Crippen LogP contribution in [0.15, 0.2) is 30.3 Å². The molecule has 0 radical (unpaired) electrons. The van der Waals surface area contributed by atoms with Crippen molar-refractivity contribution in [3.8, 4) is 0 Å². The summed E-state index contributed by atoms with van der Waals surface area (Å²) in [7, 11) is -2.17. The SMILES string of the molecule is O=C(O)C(=O)O.OB(O)O.[Li][CH2]c1ccccc1. The van der Waals surface area contributed by atoms with Gasteiger partial charge in [0.25, 0.3) is 0 Å². The van der Waals surface area contributed by atoms with E-state index >= 15 is 0 Å². The van der Waals surface area contributed by atoms with Gasteiger partial charge in [0.15, 0.2) is 0 Å². The molecule has 0 aliphatic heterocycles. The Morgan fingerprint density at radius 1 is 1.00 bits per heavy atom. The van der Waals surface area contributed by atoms with Crippen molar-refractivity contribution in [1.29, 1.82) is 0 Å². The first kappa shape index (κ1) is 19.1. The van der Waals surface area contributed by atoms with Crippen molar-refractivity contribution in [3.63, 3.8) is 0 Å². The number of hydrogen-bond acceptors (Lipinski definition) is 5. The van der Waals surface area contributed by atoms with E-state index in [1.165, 1.54) is 5.56 Å². The van der Waals surface area contributed by atoms with Crippen molar-refractivity contribution < 1.29 is 34.9 Å². The van der Waals surface area contributed by atoms with Crippen LogP contribution in [0.3, 0.4) is 0 Å². The van der Waals surface area contributed by atoms with E-state index in [2.05, 4.69) is 42.0 Å². The minimum absolute atomic E-state index is 1.14. The first-order valence-corrected chi connectivity index (χ1v) is 4.85. The zero-order valence-electron chi connectivity index (χ0n) is 9.72. The summed E-state index contributed by atoms with van der Waals surface area (Å²) >= 11 is 2.16. The van der Waals surface area contributed by atoms with Gasteiger partial charge in [-0.25, -0.2) is 9.59 Å². The van der Waals surface area contributed by atoms with Crippen LogP contribution in [0.5, 0.6) is 0 Å². The van der Waals surface area contributed by atoms with Gasteiger partial charge in [-0.3, -0.25) is 0 Å². The summed E-state index contributed by atoms with van der Waals surface area (Å²) in [5.74, 6) is -3.65. The molecule has 0 bridgehead atoms. The molecule has 18 heavy (non-hydrogen) atoms. The van der Waals surface area contributed by atoms with Gasteiger partial charge in [0.1, 0.15) is 0 Å². The summed E-state index contributed by atoms with van der Waals surface area (Å²) < 4.78 is 0. The van der Waals surface area contributed by atoms with Gasteiger partial charge in [0.05, 0.1) is 0 Å².